The first-order chi connectivity index (χ1) is 13.1. The minimum atomic E-state index is -0.0104. The maximum absolute atomic E-state index is 12.6. The van der Waals surface area contributed by atoms with Crippen LogP contribution >= 0.6 is 11.6 Å². The number of benzene rings is 1. The molecule has 6 heteroatoms. The third-order valence-electron chi connectivity index (χ3n) is 5.74. The Morgan fingerprint density at radius 1 is 1.11 bits per heavy atom. The molecule has 0 aliphatic heterocycles. The van der Waals surface area contributed by atoms with E-state index in [0.717, 1.165) is 37.0 Å². The summed E-state index contributed by atoms with van der Waals surface area (Å²) in [5, 5.41) is 8.09. The molecule has 5 nitrogen and oxygen atoms in total. The quantitative estimate of drug-likeness (QED) is 0.695. The van der Waals surface area contributed by atoms with E-state index in [4.69, 9.17) is 11.6 Å². The van der Waals surface area contributed by atoms with Crippen molar-refractivity contribution in [3.05, 3.63) is 59.5 Å². The molecule has 1 unspecified atom stereocenters. The topological polar surface area (TPSA) is 59.3 Å². The number of fused-ring (bicyclic) bond motifs is 1. The highest BCUT2D eigenvalue weighted by Crippen LogP contribution is 2.38. The highest BCUT2D eigenvalue weighted by Gasteiger charge is 2.30. The fraction of sp³-hybridized carbons (Fsp3) is 0.381. The lowest BCUT2D eigenvalue weighted by atomic mass is 9.75. The van der Waals surface area contributed by atoms with Crippen LogP contribution in [0.2, 0.25) is 5.02 Å². The third-order valence-corrected chi connectivity index (χ3v) is 5.99. The molecule has 0 bridgehead atoms. The zero-order valence-electron chi connectivity index (χ0n) is 15.3. The first kappa shape index (κ1) is 18.0. The molecular formula is C21H23ClN4O. The smallest absolute Gasteiger partial charge is 0.227 e. The van der Waals surface area contributed by atoms with Crippen molar-refractivity contribution < 1.29 is 4.79 Å². The van der Waals surface area contributed by atoms with Gasteiger partial charge in [-0.1, -0.05) is 18.5 Å². The molecule has 3 aromatic rings. The number of aromatic nitrogens is 3. The van der Waals surface area contributed by atoms with Crippen molar-refractivity contribution in [1.29, 1.82) is 0 Å². The molecule has 1 fully saturated rings. The van der Waals surface area contributed by atoms with Gasteiger partial charge in [-0.05, 0) is 61.9 Å². The van der Waals surface area contributed by atoms with Gasteiger partial charge in [-0.25, -0.2) is 9.50 Å². The van der Waals surface area contributed by atoms with Crippen LogP contribution in [0.4, 0.5) is 5.69 Å². The first-order valence-corrected chi connectivity index (χ1v) is 9.84. The molecule has 2 aromatic heterocycles. The fourth-order valence-corrected chi connectivity index (χ4v) is 4.21. The van der Waals surface area contributed by atoms with Crippen LogP contribution in [-0.2, 0) is 4.79 Å². The van der Waals surface area contributed by atoms with Gasteiger partial charge in [0.05, 0.1) is 6.20 Å². The van der Waals surface area contributed by atoms with E-state index < -0.39 is 0 Å². The SMILES string of the molecule is CC(C(=O)Nc1ccc(Cl)cc1)[C@H]1CC[C@H](c2ccnc3ccnn32)CC1. The Morgan fingerprint density at radius 2 is 1.85 bits per heavy atom. The molecule has 0 saturated heterocycles. The van der Waals surface area contributed by atoms with E-state index in [0.29, 0.717) is 16.9 Å². The van der Waals surface area contributed by atoms with Crippen LogP contribution in [0.3, 0.4) is 0 Å². The number of carbonyl (C=O) groups excluding carboxylic acids is 1. The second-order valence-electron chi connectivity index (χ2n) is 7.37. The van der Waals surface area contributed by atoms with E-state index in [1.807, 2.05) is 35.8 Å². The minimum absolute atomic E-state index is 0.0104. The summed E-state index contributed by atoms with van der Waals surface area (Å²) in [6, 6.07) is 11.3. The molecule has 0 spiro atoms. The van der Waals surface area contributed by atoms with E-state index in [2.05, 4.69) is 21.5 Å². The summed E-state index contributed by atoms with van der Waals surface area (Å²) in [4.78, 5) is 17.0. The van der Waals surface area contributed by atoms with Crippen LogP contribution in [-0.4, -0.2) is 20.5 Å². The van der Waals surface area contributed by atoms with E-state index in [1.54, 1.807) is 18.3 Å². The van der Waals surface area contributed by atoms with E-state index >= 15 is 0 Å². The number of carbonyl (C=O) groups is 1. The molecule has 1 N–H and O–H groups in total. The van der Waals surface area contributed by atoms with Gasteiger partial charge in [-0.3, -0.25) is 4.79 Å². The van der Waals surface area contributed by atoms with Crippen molar-refractivity contribution in [1.82, 2.24) is 14.6 Å². The lowest BCUT2D eigenvalue weighted by Gasteiger charge is -2.32. The zero-order valence-corrected chi connectivity index (χ0v) is 16.1. The van der Waals surface area contributed by atoms with E-state index in [9.17, 15) is 4.79 Å². The highest BCUT2D eigenvalue weighted by molar-refractivity contribution is 6.30. The molecule has 1 aliphatic carbocycles. The molecule has 140 valence electrons. The second kappa shape index (κ2) is 7.69. The number of hydrogen-bond donors (Lipinski definition) is 1. The van der Waals surface area contributed by atoms with Crippen LogP contribution in [0.5, 0.6) is 0 Å². The average Bonchev–Trinajstić information content (AvgIpc) is 3.18. The molecule has 1 atom stereocenters. The minimum Gasteiger partial charge on any atom is -0.326 e. The predicted molar refractivity (Wildman–Crippen MR) is 107 cm³/mol. The van der Waals surface area contributed by atoms with Gasteiger partial charge in [0, 0.05) is 40.5 Å². The van der Waals surface area contributed by atoms with Gasteiger partial charge in [0.25, 0.3) is 0 Å². The van der Waals surface area contributed by atoms with Crippen molar-refractivity contribution in [2.24, 2.45) is 11.8 Å². The molecular weight excluding hydrogens is 360 g/mol. The summed E-state index contributed by atoms with van der Waals surface area (Å²) in [5.41, 5.74) is 2.91. The number of nitrogens with zero attached hydrogens (tertiary/aromatic N) is 3. The Kier molecular flexibility index (Phi) is 5.12. The molecule has 0 radical (unpaired) electrons. The summed E-state index contributed by atoms with van der Waals surface area (Å²) < 4.78 is 1.95. The molecule has 1 aromatic carbocycles. The number of halogens is 1. The summed E-state index contributed by atoms with van der Waals surface area (Å²) >= 11 is 5.90. The predicted octanol–water partition coefficient (Wildman–Crippen LogP) is 4.93. The molecule has 1 saturated carbocycles. The summed E-state index contributed by atoms with van der Waals surface area (Å²) in [7, 11) is 0. The maximum Gasteiger partial charge on any atom is 0.227 e. The highest BCUT2D eigenvalue weighted by atomic mass is 35.5. The van der Waals surface area contributed by atoms with Gasteiger partial charge in [0.1, 0.15) is 0 Å². The van der Waals surface area contributed by atoms with Crippen molar-refractivity contribution in [3.8, 4) is 0 Å². The number of anilines is 1. The van der Waals surface area contributed by atoms with Gasteiger partial charge in [-0.15, -0.1) is 0 Å². The standard InChI is InChI=1S/C21H23ClN4O/c1-14(21(27)25-18-8-6-17(22)7-9-18)15-2-4-16(5-3-15)19-10-12-23-20-11-13-24-26(19)20/h6-16H,2-5H2,1H3,(H,25,27)/t14?,15-,16-. The summed E-state index contributed by atoms with van der Waals surface area (Å²) in [5.74, 6) is 0.949. The van der Waals surface area contributed by atoms with Crippen LogP contribution in [0.15, 0.2) is 48.8 Å². The molecule has 1 amide bonds. The summed E-state index contributed by atoms with van der Waals surface area (Å²) in [6.07, 6.45) is 7.89. The van der Waals surface area contributed by atoms with Crippen molar-refractivity contribution in [2.45, 2.75) is 38.5 Å². The van der Waals surface area contributed by atoms with Gasteiger partial charge >= 0.3 is 0 Å². The number of hydrogen-bond acceptors (Lipinski definition) is 3. The van der Waals surface area contributed by atoms with Crippen LogP contribution in [0.25, 0.3) is 5.65 Å². The maximum atomic E-state index is 12.6. The Labute approximate surface area is 163 Å². The Morgan fingerprint density at radius 3 is 2.59 bits per heavy atom. The Bertz CT molecular complexity index is 929. The molecule has 1 aliphatic rings. The van der Waals surface area contributed by atoms with E-state index in [-0.39, 0.29) is 11.8 Å². The van der Waals surface area contributed by atoms with Gasteiger partial charge in [-0.2, -0.15) is 5.10 Å². The Balaban J connectivity index is 1.37. The number of nitrogens with one attached hydrogen (secondary N) is 1. The van der Waals surface area contributed by atoms with Gasteiger partial charge < -0.3 is 5.32 Å². The molecule has 27 heavy (non-hydrogen) atoms. The lowest BCUT2D eigenvalue weighted by Crippen LogP contribution is -2.29. The number of amides is 1. The van der Waals surface area contributed by atoms with Crippen LogP contribution in [0, 0.1) is 11.8 Å². The van der Waals surface area contributed by atoms with Crippen molar-refractivity contribution >= 4 is 28.8 Å². The second-order valence-corrected chi connectivity index (χ2v) is 7.80. The summed E-state index contributed by atoms with van der Waals surface area (Å²) in [6.45, 7) is 2.04. The Hall–Kier alpha value is -2.40. The van der Waals surface area contributed by atoms with Crippen molar-refractivity contribution in [2.75, 3.05) is 5.32 Å². The normalized spacial score (nSPS) is 21.1. The first-order valence-electron chi connectivity index (χ1n) is 9.47. The third kappa shape index (κ3) is 3.83. The van der Waals surface area contributed by atoms with E-state index in [1.165, 1.54) is 5.69 Å². The van der Waals surface area contributed by atoms with Gasteiger partial charge in [0.15, 0.2) is 5.65 Å². The van der Waals surface area contributed by atoms with Gasteiger partial charge in [0.2, 0.25) is 5.91 Å². The molecule has 4 rings (SSSR count). The average molecular weight is 383 g/mol. The fourth-order valence-electron chi connectivity index (χ4n) is 4.08. The largest absolute Gasteiger partial charge is 0.326 e. The van der Waals surface area contributed by atoms with Crippen molar-refractivity contribution in [3.63, 3.8) is 0 Å². The lowest BCUT2D eigenvalue weighted by molar-refractivity contribution is -0.121. The monoisotopic (exact) mass is 382 g/mol. The van der Waals surface area contributed by atoms with Crippen LogP contribution in [0.1, 0.15) is 44.2 Å². The van der Waals surface area contributed by atoms with Crippen LogP contribution < -0.4 is 5.32 Å². The number of rotatable bonds is 4. The zero-order chi connectivity index (χ0) is 18.8. The molecule has 2 heterocycles.